The van der Waals surface area contributed by atoms with Crippen molar-refractivity contribution in [3.63, 3.8) is 0 Å². The molecule has 0 saturated heterocycles. The van der Waals surface area contributed by atoms with E-state index >= 15 is 0 Å². The van der Waals surface area contributed by atoms with Crippen LogP contribution in [-0.4, -0.2) is 43.3 Å². The van der Waals surface area contributed by atoms with Crippen molar-refractivity contribution < 1.29 is 19.4 Å². The number of carbonyl (C=O) groups excluding carboxylic acids is 1. The number of nitrogens with zero attached hydrogens (tertiary/aromatic N) is 1. The number of rotatable bonds is 8. The summed E-state index contributed by atoms with van der Waals surface area (Å²) in [6.07, 6.45) is 0. The quantitative estimate of drug-likeness (QED) is 0.755. The first-order valence-electron chi connectivity index (χ1n) is 6.51. The largest absolute Gasteiger partial charge is 0.480 e. The van der Waals surface area contributed by atoms with Crippen molar-refractivity contribution in [1.29, 1.82) is 0 Å². The Kier molecular flexibility index (Phi) is 6.52. The summed E-state index contributed by atoms with van der Waals surface area (Å²) in [6.45, 7) is 5.26. The highest BCUT2D eigenvalue weighted by atomic mass is 16.5. The Balaban J connectivity index is 2.48. The minimum Gasteiger partial charge on any atom is -0.480 e. The first kappa shape index (κ1) is 16.0. The van der Waals surface area contributed by atoms with Crippen LogP contribution in [0.25, 0.3) is 0 Å². The number of carboxylic acid groups (broad SMARTS) is 1. The first-order valence-corrected chi connectivity index (χ1v) is 6.51. The minimum absolute atomic E-state index is 0.274. The summed E-state index contributed by atoms with van der Waals surface area (Å²) in [5, 5.41) is 11.0. The van der Waals surface area contributed by atoms with E-state index in [1.54, 1.807) is 0 Å². The van der Waals surface area contributed by atoms with Gasteiger partial charge in [0.05, 0.1) is 0 Å². The van der Waals surface area contributed by atoms with E-state index in [1.807, 2.05) is 24.3 Å². The van der Waals surface area contributed by atoms with E-state index in [2.05, 4.69) is 24.1 Å². The highest BCUT2D eigenvalue weighted by Crippen LogP contribution is 2.17. The van der Waals surface area contributed by atoms with Crippen LogP contribution in [0.4, 0.5) is 11.4 Å². The van der Waals surface area contributed by atoms with Crippen LogP contribution in [-0.2, 0) is 14.3 Å². The van der Waals surface area contributed by atoms with E-state index in [1.165, 1.54) is 0 Å². The van der Waals surface area contributed by atoms with Crippen molar-refractivity contribution in [2.24, 2.45) is 0 Å². The summed E-state index contributed by atoms with van der Waals surface area (Å²) in [5.74, 6) is -1.47. The first-order chi connectivity index (χ1) is 9.56. The standard InChI is InChI=1S/C14H20N2O4/c1-3-16(4-2)12-7-5-11(6-8-12)15-13(17)9-20-10-14(18)19/h5-8H,3-4,9-10H2,1-2H3,(H,15,17)(H,18,19). The molecule has 110 valence electrons. The highest BCUT2D eigenvalue weighted by Gasteiger charge is 2.05. The average molecular weight is 280 g/mol. The summed E-state index contributed by atoms with van der Waals surface area (Å²) in [6, 6.07) is 7.48. The maximum absolute atomic E-state index is 11.5. The van der Waals surface area contributed by atoms with Crippen LogP contribution < -0.4 is 10.2 Å². The molecule has 0 aliphatic carbocycles. The number of amides is 1. The van der Waals surface area contributed by atoms with E-state index in [0.717, 1.165) is 18.8 Å². The summed E-state index contributed by atoms with van der Waals surface area (Å²) in [4.78, 5) is 23.9. The molecule has 1 amide bonds. The van der Waals surface area contributed by atoms with Gasteiger partial charge in [-0.2, -0.15) is 0 Å². The lowest BCUT2D eigenvalue weighted by molar-refractivity contribution is -0.143. The lowest BCUT2D eigenvalue weighted by Crippen LogP contribution is -2.22. The highest BCUT2D eigenvalue weighted by molar-refractivity contribution is 5.92. The Hall–Kier alpha value is -2.08. The molecule has 1 aromatic carbocycles. The molecule has 0 aliphatic heterocycles. The number of nitrogens with one attached hydrogen (secondary N) is 1. The van der Waals surface area contributed by atoms with Gasteiger partial charge in [-0.15, -0.1) is 0 Å². The number of carbonyl (C=O) groups is 2. The molecular formula is C14H20N2O4. The van der Waals surface area contributed by atoms with Crippen molar-refractivity contribution in [1.82, 2.24) is 0 Å². The lowest BCUT2D eigenvalue weighted by Gasteiger charge is -2.21. The molecule has 1 aromatic rings. The van der Waals surface area contributed by atoms with Gasteiger partial charge in [0, 0.05) is 24.5 Å². The van der Waals surface area contributed by atoms with Gasteiger partial charge in [0.25, 0.3) is 0 Å². The maximum Gasteiger partial charge on any atom is 0.329 e. The molecule has 0 radical (unpaired) electrons. The molecule has 6 nitrogen and oxygen atoms in total. The van der Waals surface area contributed by atoms with Crippen LogP contribution in [0.5, 0.6) is 0 Å². The number of anilines is 2. The molecule has 0 heterocycles. The van der Waals surface area contributed by atoms with Crippen LogP contribution in [0.1, 0.15) is 13.8 Å². The number of aliphatic carboxylic acids is 1. The van der Waals surface area contributed by atoms with Crippen molar-refractivity contribution >= 4 is 23.3 Å². The van der Waals surface area contributed by atoms with Gasteiger partial charge in [-0.3, -0.25) is 4.79 Å². The number of hydrogen-bond acceptors (Lipinski definition) is 4. The normalized spacial score (nSPS) is 10.1. The average Bonchev–Trinajstić information content (AvgIpc) is 2.41. The monoisotopic (exact) mass is 280 g/mol. The maximum atomic E-state index is 11.5. The molecule has 0 spiro atoms. The molecular weight excluding hydrogens is 260 g/mol. The van der Waals surface area contributed by atoms with Crippen LogP contribution in [0.15, 0.2) is 24.3 Å². The van der Waals surface area contributed by atoms with Gasteiger partial charge in [0.2, 0.25) is 5.91 Å². The van der Waals surface area contributed by atoms with Crippen molar-refractivity contribution in [3.8, 4) is 0 Å². The van der Waals surface area contributed by atoms with Crippen LogP contribution >= 0.6 is 0 Å². The van der Waals surface area contributed by atoms with Gasteiger partial charge < -0.3 is 20.1 Å². The van der Waals surface area contributed by atoms with Crippen molar-refractivity contribution in [2.75, 3.05) is 36.5 Å². The number of hydrogen-bond donors (Lipinski definition) is 2. The molecule has 0 bridgehead atoms. The fraction of sp³-hybridized carbons (Fsp3) is 0.429. The van der Waals surface area contributed by atoms with Gasteiger partial charge in [-0.1, -0.05) is 0 Å². The zero-order valence-corrected chi connectivity index (χ0v) is 11.8. The van der Waals surface area contributed by atoms with E-state index in [0.29, 0.717) is 5.69 Å². The molecule has 0 saturated carbocycles. The zero-order valence-electron chi connectivity index (χ0n) is 11.8. The number of carboxylic acids is 1. The summed E-state index contributed by atoms with van der Waals surface area (Å²) in [7, 11) is 0. The van der Waals surface area contributed by atoms with E-state index < -0.39 is 12.6 Å². The Morgan fingerprint density at radius 1 is 1.15 bits per heavy atom. The predicted octanol–water partition coefficient (Wildman–Crippen LogP) is 1.57. The second kappa shape index (κ2) is 8.16. The summed E-state index contributed by atoms with van der Waals surface area (Å²) < 4.78 is 4.71. The van der Waals surface area contributed by atoms with Gasteiger partial charge in [0.15, 0.2) is 0 Å². The third-order valence-electron chi connectivity index (χ3n) is 2.74. The summed E-state index contributed by atoms with van der Waals surface area (Å²) in [5.41, 5.74) is 1.75. The third-order valence-corrected chi connectivity index (χ3v) is 2.74. The Bertz CT molecular complexity index is 441. The van der Waals surface area contributed by atoms with Gasteiger partial charge in [-0.05, 0) is 38.1 Å². The van der Waals surface area contributed by atoms with E-state index in [9.17, 15) is 9.59 Å². The molecule has 6 heteroatoms. The Morgan fingerprint density at radius 3 is 2.25 bits per heavy atom. The SMILES string of the molecule is CCN(CC)c1ccc(NC(=O)COCC(=O)O)cc1. The van der Waals surface area contributed by atoms with Crippen LogP contribution in [0.3, 0.4) is 0 Å². The Labute approximate surface area is 118 Å². The zero-order chi connectivity index (χ0) is 15.0. The third kappa shape index (κ3) is 5.27. The Morgan fingerprint density at radius 2 is 1.75 bits per heavy atom. The predicted molar refractivity (Wildman–Crippen MR) is 77.1 cm³/mol. The second-order valence-corrected chi connectivity index (χ2v) is 4.15. The molecule has 20 heavy (non-hydrogen) atoms. The molecule has 0 fully saturated rings. The second-order valence-electron chi connectivity index (χ2n) is 4.15. The van der Waals surface area contributed by atoms with Gasteiger partial charge in [-0.25, -0.2) is 4.79 Å². The molecule has 1 rings (SSSR count). The molecule has 0 unspecified atom stereocenters. The van der Waals surface area contributed by atoms with Crippen molar-refractivity contribution in [3.05, 3.63) is 24.3 Å². The smallest absolute Gasteiger partial charge is 0.329 e. The van der Waals surface area contributed by atoms with Gasteiger partial charge >= 0.3 is 5.97 Å². The lowest BCUT2D eigenvalue weighted by atomic mass is 10.2. The molecule has 0 aromatic heterocycles. The molecule has 0 atom stereocenters. The minimum atomic E-state index is -1.10. The van der Waals surface area contributed by atoms with E-state index in [-0.39, 0.29) is 12.5 Å². The number of ether oxygens (including phenoxy) is 1. The molecule has 2 N–H and O–H groups in total. The summed E-state index contributed by atoms with van der Waals surface area (Å²) >= 11 is 0. The van der Waals surface area contributed by atoms with Crippen LogP contribution in [0, 0.1) is 0 Å². The topological polar surface area (TPSA) is 78.9 Å². The fourth-order valence-corrected chi connectivity index (χ4v) is 1.77. The van der Waals surface area contributed by atoms with Crippen LogP contribution in [0.2, 0.25) is 0 Å². The van der Waals surface area contributed by atoms with Crippen molar-refractivity contribution in [2.45, 2.75) is 13.8 Å². The fourth-order valence-electron chi connectivity index (χ4n) is 1.77. The van der Waals surface area contributed by atoms with E-state index in [4.69, 9.17) is 9.84 Å². The molecule has 0 aliphatic rings. The number of benzene rings is 1. The van der Waals surface area contributed by atoms with Gasteiger partial charge in [0.1, 0.15) is 13.2 Å².